The van der Waals surface area contributed by atoms with Gasteiger partial charge in [-0.15, -0.1) is 0 Å². The normalized spacial score (nSPS) is 11.5. The molecule has 1 amide bonds. The molecule has 0 aliphatic rings. The quantitative estimate of drug-likeness (QED) is 0.582. The van der Waals surface area contributed by atoms with Crippen LogP contribution >= 0.6 is 26.6 Å². The Balaban J connectivity index is 3.16. The van der Waals surface area contributed by atoms with Gasteiger partial charge >= 0.3 is 0 Å². The molecule has 1 rings (SSSR count). The minimum atomic E-state index is -4.49. The highest BCUT2D eigenvalue weighted by molar-refractivity contribution is 9.10. The lowest BCUT2D eigenvalue weighted by atomic mass is 10.2. The van der Waals surface area contributed by atoms with Crippen molar-refractivity contribution in [3.63, 3.8) is 0 Å². The molecule has 0 bridgehead atoms. The van der Waals surface area contributed by atoms with Crippen LogP contribution < -0.4 is 5.32 Å². The van der Waals surface area contributed by atoms with E-state index in [-0.39, 0.29) is 13.2 Å². The fourth-order valence-corrected chi connectivity index (χ4v) is 3.83. The summed E-state index contributed by atoms with van der Waals surface area (Å²) in [5.41, 5.74) is -1.02. The Morgan fingerprint density at radius 2 is 2.10 bits per heavy atom. The van der Waals surface area contributed by atoms with E-state index in [0.29, 0.717) is 12.7 Å². The van der Waals surface area contributed by atoms with E-state index in [1.807, 2.05) is 0 Å². The number of benzene rings is 1. The predicted octanol–water partition coefficient (Wildman–Crippen LogP) is 2.42. The van der Waals surface area contributed by atoms with Crippen LogP contribution in [0.4, 0.5) is 8.78 Å². The second-order valence-electron chi connectivity index (χ2n) is 3.75. The molecule has 0 saturated heterocycles. The van der Waals surface area contributed by atoms with Crippen molar-refractivity contribution in [2.45, 2.75) is 11.8 Å². The van der Waals surface area contributed by atoms with Crippen molar-refractivity contribution in [2.75, 3.05) is 19.8 Å². The second kappa shape index (κ2) is 7.48. The van der Waals surface area contributed by atoms with Crippen molar-refractivity contribution >= 4 is 41.6 Å². The average molecular weight is 407 g/mol. The molecule has 1 aromatic carbocycles. The summed E-state index contributed by atoms with van der Waals surface area (Å²) in [4.78, 5) is 10.8. The van der Waals surface area contributed by atoms with E-state index in [0.717, 1.165) is 0 Å². The summed E-state index contributed by atoms with van der Waals surface area (Å²) in [6.07, 6.45) is 0. The van der Waals surface area contributed by atoms with Gasteiger partial charge in [-0.05, 0) is 28.9 Å². The van der Waals surface area contributed by atoms with Crippen LogP contribution in [-0.4, -0.2) is 34.1 Å². The molecule has 5 nitrogen and oxygen atoms in total. The highest BCUT2D eigenvalue weighted by Crippen LogP contribution is 2.31. The Morgan fingerprint density at radius 3 is 2.62 bits per heavy atom. The Labute approximate surface area is 133 Å². The first-order valence-corrected chi connectivity index (χ1v) is 8.78. The number of carbonyl (C=O) groups excluding carboxylic acids is 1. The molecule has 0 aliphatic heterocycles. The van der Waals surface area contributed by atoms with E-state index >= 15 is 0 Å². The van der Waals surface area contributed by atoms with Gasteiger partial charge in [0.05, 0.1) is 6.61 Å². The van der Waals surface area contributed by atoms with Crippen LogP contribution in [0.1, 0.15) is 17.3 Å². The minimum absolute atomic E-state index is 0.0184. The number of amides is 1. The highest BCUT2D eigenvalue weighted by atomic mass is 79.9. The fourth-order valence-electron chi connectivity index (χ4n) is 1.47. The molecular formula is C11H11BrClF2NO4S. The van der Waals surface area contributed by atoms with E-state index in [2.05, 4.69) is 21.2 Å². The summed E-state index contributed by atoms with van der Waals surface area (Å²) in [6, 6.07) is 0.662. The van der Waals surface area contributed by atoms with Crippen LogP contribution in [-0.2, 0) is 13.8 Å². The molecule has 21 heavy (non-hydrogen) atoms. The molecule has 0 radical (unpaired) electrons. The van der Waals surface area contributed by atoms with Gasteiger partial charge in [-0.25, -0.2) is 17.2 Å². The highest BCUT2D eigenvalue weighted by Gasteiger charge is 2.29. The molecule has 0 aliphatic carbocycles. The van der Waals surface area contributed by atoms with Crippen molar-refractivity contribution in [2.24, 2.45) is 0 Å². The molecule has 10 heteroatoms. The van der Waals surface area contributed by atoms with E-state index in [9.17, 15) is 22.0 Å². The largest absolute Gasteiger partial charge is 0.380 e. The first-order valence-electron chi connectivity index (χ1n) is 5.68. The first-order chi connectivity index (χ1) is 9.70. The van der Waals surface area contributed by atoms with E-state index < -0.39 is 41.5 Å². The number of hydrogen-bond donors (Lipinski definition) is 1. The van der Waals surface area contributed by atoms with Gasteiger partial charge in [0.15, 0.2) is 5.82 Å². The van der Waals surface area contributed by atoms with E-state index in [4.69, 9.17) is 15.4 Å². The lowest BCUT2D eigenvalue weighted by molar-refractivity contribution is 0.0913. The summed E-state index contributed by atoms with van der Waals surface area (Å²) in [6.45, 7) is 2.34. The third kappa shape index (κ3) is 4.60. The van der Waals surface area contributed by atoms with Gasteiger partial charge in [0, 0.05) is 28.3 Å². The molecule has 0 saturated carbocycles. The van der Waals surface area contributed by atoms with Gasteiger partial charge in [-0.3, -0.25) is 4.79 Å². The fraction of sp³-hybridized carbons (Fsp3) is 0.364. The molecule has 0 unspecified atom stereocenters. The lowest BCUT2D eigenvalue weighted by Crippen LogP contribution is -2.29. The summed E-state index contributed by atoms with van der Waals surface area (Å²) < 4.78 is 54.9. The van der Waals surface area contributed by atoms with E-state index in [1.54, 1.807) is 6.92 Å². The first kappa shape index (κ1) is 18.3. The number of carbonyl (C=O) groups is 1. The van der Waals surface area contributed by atoms with Gasteiger partial charge in [0.1, 0.15) is 16.3 Å². The maximum absolute atomic E-state index is 14.1. The zero-order chi connectivity index (χ0) is 16.2. The van der Waals surface area contributed by atoms with Gasteiger partial charge in [0.2, 0.25) is 0 Å². The van der Waals surface area contributed by atoms with Crippen molar-refractivity contribution in [3.8, 4) is 0 Å². The third-order valence-corrected chi connectivity index (χ3v) is 4.57. The number of halogens is 4. The monoisotopic (exact) mass is 405 g/mol. The molecule has 0 atom stereocenters. The minimum Gasteiger partial charge on any atom is -0.380 e. The second-order valence-corrected chi connectivity index (χ2v) is 7.11. The molecule has 0 spiro atoms. The summed E-state index contributed by atoms with van der Waals surface area (Å²) in [5, 5.41) is 2.22. The Bertz CT molecular complexity index is 654. The third-order valence-electron chi connectivity index (χ3n) is 2.33. The Hall–Kier alpha value is -0.770. The summed E-state index contributed by atoms with van der Waals surface area (Å²) in [5.74, 6) is -3.86. The van der Waals surface area contributed by atoms with Crippen LogP contribution in [0, 0.1) is 11.6 Å². The van der Waals surface area contributed by atoms with Crippen LogP contribution in [0.2, 0.25) is 0 Å². The Morgan fingerprint density at radius 1 is 1.48 bits per heavy atom. The maximum Gasteiger partial charge on any atom is 0.265 e. The zero-order valence-electron chi connectivity index (χ0n) is 10.8. The van der Waals surface area contributed by atoms with Crippen LogP contribution in [0.25, 0.3) is 0 Å². The number of hydrogen-bond acceptors (Lipinski definition) is 4. The molecule has 118 valence electrons. The molecule has 0 heterocycles. The number of nitrogens with one attached hydrogen (secondary N) is 1. The van der Waals surface area contributed by atoms with Crippen molar-refractivity contribution in [3.05, 3.63) is 27.7 Å². The summed E-state index contributed by atoms with van der Waals surface area (Å²) in [7, 11) is 0.585. The molecule has 1 aromatic rings. The standard InChI is InChI=1S/C11H11BrClF2NO4S/c1-2-20-4-3-16-11(17)8-7(14)5-6(12)10(9(8)15)21(13,18)19/h5H,2-4H2,1H3,(H,16,17). The average Bonchev–Trinajstić information content (AvgIpc) is 2.32. The van der Waals surface area contributed by atoms with Gasteiger partial charge in [0.25, 0.3) is 15.0 Å². The number of rotatable bonds is 6. The van der Waals surface area contributed by atoms with Crippen LogP contribution in [0.5, 0.6) is 0 Å². The topological polar surface area (TPSA) is 72.5 Å². The van der Waals surface area contributed by atoms with Crippen molar-refractivity contribution in [1.82, 2.24) is 5.32 Å². The smallest absolute Gasteiger partial charge is 0.265 e. The summed E-state index contributed by atoms with van der Waals surface area (Å²) >= 11 is 2.69. The van der Waals surface area contributed by atoms with Crippen molar-refractivity contribution < 1.29 is 26.7 Å². The number of ether oxygens (including phenoxy) is 1. The Kier molecular flexibility index (Phi) is 6.51. The molecule has 0 aromatic heterocycles. The maximum atomic E-state index is 14.1. The van der Waals surface area contributed by atoms with Gasteiger partial charge in [-0.2, -0.15) is 0 Å². The van der Waals surface area contributed by atoms with Crippen LogP contribution in [0.3, 0.4) is 0 Å². The zero-order valence-corrected chi connectivity index (χ0v) is 13.9. The van der Waals surface area contributed by atoms with Gasteiger partial charge in [-0.1, -0.05) is 0 Å². The predicted molar refractivity (Wildman–Crippen MR) is 75.9 cm³/mol. The molecule has 1 N–H and O–H groups in total. The SMILES string of the molecule is CCOCCNC(=O)c1c(F)cc(Br)c(S(=O)(=O)Cl)c1F. The lowest BCUT2D eigenvalue weighted by Gasteiger charge is -2.10. The molecular weight excluding hydrogens is 396 g/mol. The van der Waals surface area contributed by atoms with Gasteiger partial charge < -0.3 is 10.1 Å². The van der Waals surface area contributed by atoms with Crippen molar-refractivity contribution in [1.29, 1.82) is 0 Å². The van der Waals surface area contributed by atoms with E-state index in [1.165, 1.54) is 0 Å². The molecule has 0 fully saturated rings. The van der Waals surface area contributed by atoms with Crippen LogP contribution in [0.15, 0.2) is 15.4 Å².